The molecule has 17 heavy (non-hydrogen) atoms. The van der Waals surface area contributed by atoms with Gasteiger partial charge in [0.25, 0.3) is 0 Å². The number of halogens is 1. The van der Waals surface area contributed by atoms with E-state index in [1.165, 1.54) is 5.41 Å². The van der Waals surface area contributed by atoms with Crippen LogP contribution in [0.25, 0.3) is 5.57 Å². The summed E-state index contributed by atoms with van der Waals surface area (Å²) in [6, 6.07) is 5.19. The van der Waals surface area contributed by atoms with E-state index in [0.717, 1.165) is 5.57 Å². The van der Waals surface area contributed by atoms with Gasteiger partial charge in [0.05, 0.1) is 4.90 Å². The van der Waals surface area contributed by atoms with Gasteiger partial charge in [-0.25, -0.2) is 8.42 Å². The molecule has 92 valence electrons. The van der Waals surface area contributed by atoms with Crippen LogP contribution in [0.3, 0.4) is 0 Å². The third-order valence-electron chi connectivity index (χ3n) is 2.92. The normalized spacial score (nSPS) is 18.6. The van der Waals surface area contributed by atoms with Crippen LogP contribution in [-0.4, -0.2) is 21.5 Å². The Labute approximate surface area is 106 Å². The van der Waals surface area contributed by atoms with Crippen molar-refractivity contribution in [1.82, 2.24) is 5.32 Å². The van der Waals surface area contributed by atoms with Crippen molar-refractivity contribution in [2.75, 3.05) is 7.05 Å². The van der Waals surface area contributed by atoms with Gasteiger partial charge in [-0.05, 0) is 38.1 Å². The molecule has 2 rings (SSSR count). The molecular formula is C12H14ClNO2S. The van der Waals surface area contributed by atoms with Crippen molar-refractivity contribution in [3.63, 3.8) is 0 Å². The molecular weight excluding hydrogens is 258 g/mol. The maximum atomic E-state index is 11.9. The van der Waals surface area contributed by atoms with Crippen molar-refractivity contribution < 1.29 is 8.42 Å². The molecule has 0 fully saturated rings. The predicted molar refractivity (Wildman–Crippen MR) is 69.8 cm³/mol. The Morgan fingerprint density at radius 1 is 1.41 bits per heavy atom. The van der Waals surface area contributed by atoms with Gasteiger partial charge in [-0.2, -0.15) is 0 Å². The standard InChI is InChI=1S/C12H14ClNO2S/c1-8(14-2)6-9-7-17(15,16)11-5-3-4-10(13)12(9)11/h3-5,7-8,14H,6H2,1-2H3. The van der Waals surface area contributed by atoms with E-state index in [9.17, 15) is 8.42 Å². The summed E-state index contributed by atoms with van der Waals surface area (Å²) in [4.78, 5) is 0.323. The zero-order chi connectivity index (χ0) is 12.6. The van der Waals surface area contributed by atoms with Crippen LogP contribution in [0.4, 0.5) is 0 Å². The predicted octanol–water partition coefficient (Wildman–Crippen LogP) is 2.47. The number of benzene rings is 1. The summed E-state index contributed by atoms with van der Waals surface area (Å²) in [5.74, 6) is 0. The molecule has 0 spiro atoms. The molecule has 1 aromatic carbocycles. The minimum atomic E-state index is -3.31. The molecule has 1 unspecified atom stereocenters. The zero-order valence-electron chi connectivity index (χ0n) is 9.70. The van der Waals surface area contributed by atoms with Gasteiger partial charge < -0.3 is 5.32 Å². The fourth-order valence-corrected chi connectivity index (χ4v) is 3.81. The summed E-state index contributed by atoms with van der Waals surface area (Å²) in [5.41, 5.74) is 1.45. The summed E-state index contributed by atoms with van der Waals surface area (Å²) in [6.07, 6.45) is 0.645. The summed E-state index contributed by atoms with van der Waals surface area (Å²) < 4.78 is 23.9. The summed E-state index contributed by atoms with van der Waals surface area (Å²) >= 11 is 6.09. The first-order chi connectivity index (χ1) is 7.95. The highest BCUT2D eigenvalue weighted by molar-refractivity contribution is 7.95. The molecule has 0 amide bonds. The molecule has 3 nitrogen and oxygen atoms in total. The number of rotatable bonds is 3. The number of fused-ring (bicyclic) bond motifs is 1. The summed E-state index contributed by atoms with van der Waals surface area (Å²) in [6.45, 7) is 2.00. The molecule has 0 aliphatic carbocycles. The Bertz CT molecular complexity index is 578. The summed E-state index contributed by atoms with van der Waals surface area (Å²) in [7, 11) is -1.46. The van der Waals surface area contributed by atoms with Crippen molar-refractivity contribution in [2.24, 2.45) is 0 Å². The molecule has 1 N–H and O–H groups in total. The van der Waals surface area contributed by atoms with Crippen LogP contribution < -0.4 is 5.32 Å². The molecule has 0 aromatic heterocycles. The van der Waals surface area contributed by atoms with Crippen molar-refractivity contribution in [1.29, 1.82) is 0 Å². The minimum Gasteiger partial charge on any atom is -0.317 e. The second-order valence-corrected chi connectivity index (χ2v) is 6.37. The van der Waals surface area contributed by atoms with E-state index >= 15 is 0 Å². The first kappa shape index (κ1) is 12.6. The van der Waals surface area contributed by atoms with Gasteiger partial charge in [0.2, 0.25) is 9.84 Å². The number of sulfone groups is 1. The van der Waals surface area contributed by atoms with E-state index in [1.54, 1.807) is 18.2 Å². The molecule has 1 aliphatic heterocycles. The van der Waals surface area contributed by atoms with E-state index < -0.39 is 9.84 Å². The maximum Gasteiger partial charge on any atom is 0.200 e. The molecule has 5 heteroatoms. The Balaban J connectivity index is 2.52. The van der Waals surface area contributed by atoms with E-state index in [4.69, 9.17) is 11.6 Å². The molecule has 1 atom stereocenters. The fourth-order valence-electron chi connectivity index (χ4n) is 1.94. The van der Waals surface area contributed by atoms with Gasteiger partial charge in [-0.1, -0.05) is 17.7 Å². The number of hydrogen-bond donors (Lipinski definition) is 1. The highest BCUT2D eigenvalue weighted by Gasteiger charge is 2.29. The van der Waals surface area contributed by atoms with Crippen LogP contribution in [-0.2, 0) is 9.84 Å². The Hall–Kier alpha value is -0.840. The van der Waals surface area contributed by atoms with Crippen molar-refractivity contribution in [3.05, 3.63) is 34.2 Å². The lowest BCUT2D eigenvalue weighted by molar-refractivity contribution is 0.605. The van der Waals surface area contributed by atoms with Crippen LogP contribution in [0, 0.1) is 0 Å². The largest absolute Gasteiger partial charge is 0.317 e. The monoisotopic (exact) mass is 271 g/mol. The lowest BCUT2D eigenvalue weighted by Gasteiger charge is -2.12. The molecule has 0 saturated carbocycles. The van der Waals surface area contributed by atoms with Crippen molar-refractivity contribution >= 4 is 27.0 Å². The average molecular weight is 272 g/mol. The van der Waals surface area contributed by atoms with Crippen molar-refractivity contribution in [3.8, 4) is 0 Å². The van der Waals surface area contributed by atoms with Gasteiger partial charge in [-0.15, -0.1) is 0 Å². The molecule has 0 radical (unpaired) electrons. The number of hydrogen-bond acceptors (Lipinski definition) is 3. The van der Waals surface area contributed by atoms with Crippen LogP contribution in [0.5, 0.6) is 0 Å². The van der Waals surface area contributed by atoms with E-state index in [0.29, 0.717) is 21.9 Å². The van der Waals surface area contributed by atoms with E-state index in [2.05, 4.69) is 5.32 Å². The topological polar surface area (TPSA) is 46.2 Å². The van der Waals surface area contributed by atoms with E-state index in [-0.39, 0.29) is 6.04 Å². The SMILES string of the molecule is CNC(C)CC1=CS(=O)(=O)c2cccc(Cl)c21. The lowest BCUT2D eigenvalue weighted by atomic mass is 10.0. The van der Waals surface area contributed by atoms with Gasteiger partial charge in [-0.3, -0.25) is 0 Å². The van der Waals surface area contributed by atoms with E-state index in [1.807, 2.05) is 14.0 Å². The first-order valence-corrected chi connectivity index (χ1v) is 7.30. The van der Waals surface area contributed by atoms with Gasteiger partial charge >= 0.3 is 0 Å². The third kappa shape index (κ3) is 2.25. The third-order valence-corrected chi connectivity index (χ3v) is 4.78. The second kappa shape index (κ2) is 4.44. The van der Waals surface area contributed by atoms with Crippen LogP contribution in [0.2, 0.25) is 5.02 Å². The highest BCUT2D eigenvalue weighted by Crippen LogP contribution is 2.39. The van der Waals surface area contributed by atoms with Gasteiger partial charge in [0.15, 0.2) is 0 Å². The number of nitrogens with one attached hydrogen (secondary N) is 1. The van der Waals surface area contributed by atoms with Crippen LogP contribution >= 0.6 is 11.6 Å². The Kier molecular flexibility index (Phi) is 3.30. The van der Waals surface area contributed by atoms with Gasteiger partial charge in [0, 0.05) is 22.0 Å². The average Bonchev–Trinajstić information content (AvgIpc) is 2.52. The summed E-state index contributed by atoms with van der Waals surface area (Å²) in [5, 5.41) is 4.92. The Morgan fingerprint density at radius 2 is 2.12 bits per heavy atom. The molecule has 1 aromatic rings. The quantitative estimate of drug-likeness (QED) is 0.919. The Morgan fingerprint density at radius 3 is 2.76 bits per heavy atom. The lowest BCUT2D eigenvalue weighted by Crippen LogP contribution is -2.21. The molecule has 0 saturated heterocycles. The maximum absolute atomic E-state index is 11.9. The fraction of sp³-hybridized carbons (Fsp3) is 0.333. The molecule has 1 aliphatic rings. The molecule has 1 heterocycles. The van der Waals surface area contributed by atoms with Gasteiger partial charge in [0.1, 0.15) is 0 Å². The van der Waals surface area contributed by atoms with Crippen molar-refractivity contribution in [2.45, 2.75) is 24.3 Å². The zero-order valence-corrected chi connectivity index (χ0v) is 11.3. The molecule has 0 bridgehead atoms. The highest BCUT2D eigenvalue weighted by atomic mass is 35.5. The second-order valence-electron chi connectivity index (χ2n) is 4.19. The van der Waals surface area contributed by atoms with Crippen LogP contribution in [0.1, 0.15) is 18.9 Å². The first-order valence-electron chi connectivity index (χ1n) is 5.37. The van der Waals surface area contributed by atoms with Crippen LogP contribution in [0.15, 0.2) is 28.5 Å². The minimum absolute atomic E-state index is 0.207. The smallest absolute Gasteiger partial charge is 0.200 e.